The maximum atomic E-state index is 9.06. The molecule has 2 aromatic carbocycles. The van der Waals surface area contributed by atoms with E-state index in [1.807, 2.05) is 25.1 Å². The third kappa shape index (κ3) is 4.42. The van der Waals surface area contributed by atoms with Gasteiger partial charge in [0, 0.05) is 23.1 Å². The van der Waals surface area contributed by atoms with Gasteiger partial charge in [0.1, 0.15) is 5.82 Å². The van der Waals surface area contributed by atoms with Crippen molar-refractivity contribution in [3.05, 3.63) is 70.9 Å². The molecule has 0 unspecified atom stereocenters. The van der Waals surface area contributed by atoms with E-state index in [1.54, 1.807) is 12.1 Å². The van der Waals surface area contributed by atoms with Crippen molar-refractivity contribution in [1.82, 2.24) is 9.97 Å². The molecule has 136 valence electrons. The minimum Gasteiger partial charge on any atom is -0.340 e. The summed E-state index contributed by atoms with van der Waals surface area (Å²) < 4.78 is 0. The Morgan fingerprint density at radius 2 is 1.63 bits per heavy atom. The van der Waals surface area contributed by atoms with E-state index in [2.05, 4.69) is 58.7 Å². The maximum Gasteiger partial charge on any atom is 0.229 e. The number of aromatic nitrogens is 2. The van der Waals surface area contributed by atoms with Crippen LogP contribution < -0.4 is 10.6 Å². The molecular weight excluding hydrogens is 334 g/mol. The van der Waals surface area contributed by atoms with Crippen LogP contribution in [0.15, 0.2) is 48.5 Å². The number of nitriles is 1. The van der Waals surface area contributed by atoms with Gasteiger partial charge in [0.15, 0.2) is 0 Å². The largest absolute Gasteiger partial charge is 0.340 e. The van der Waals surface area contributed by atoms with E-state index in [4.69, 9.17) is 5.26 Å². The lowest BCUT2D eigenvalue weighted by Crippen LogP contribution is -2.05. The Morgan fingerprint density at radius 1 is 0.926 bits per heavy atom. The summed E-state index contributed by atoms with van der Waals surface area (Å²) in [5.41, 5.74) is 5.89. The Labute approximate surface area is 160 Å². The highest BCUT2D eigenvalue weighted by Gasteiger charge is 2.09. The number of hydrogen-bond acceptors (Lipinski definition) is 5. The molecule has 3 aromatic rings. The van der Waals surface area contributed by atoms with Gasteiger partial charge in [-0.05, 0) is 49.1 Å². The van der Waals surface area contributed by atoms with Crippen LogP contribution in [0.2, 0.25) is 0 Å². The van der Waals surface area contributed by atoms with Gasteiger partial charge in [0.25, 0.3) is 0 Å². The third-order valence-corrected chi connectivity index (χ3v) is 4.35. The molecule has 0 bridgehead atoms. The first kappa shape index (κ1) is 18.4. The molecule has 0 saturated heterocycles. The van der Waals surface area contributed by atoms with Crippen LogP contribution in [0.5, 0.6) is 0 Å². The molecule has 5 nitrogen and oxygen atoms in total. The van der Waals surface area contributed by atoms with Gasteiger partial charge in [0.2, 0.25) is 5.95 Å². The van der Waals surface area contributed by atoms with Crippen molar-refractivity contribution in [2.75, 3.05) is 10.6 Å². The van der Waals surface area contributed by atoms with Crippen molar-refractivity contribution in [1.29, 1.82) is 5.26 Å². The average Bonchev–Trinajstić information content (AvgIpc) is 2.67. The number of anilines is 4. The Hall–Kier alpha value is -3.39. The van der Waals surface area contributed by atoms with Gasteiger partial charge < -0.3 is 10.6 Å². The fraction of sp³-hybridized carbons (Fsp3) is 0.227. The smallest absolute Gasteiger partial charge is 0.229 e. The number of aryl methyl sites for hydroxylation is 3. The van der Waals surface area contributed by atoms with E-state index in [0.29, 0.717) is 11.5 Å². The lowest BCUT2D eigenvalue weighted by atomic mass is 10.0. The van der Waals surface area contributed by atoms with Gasteiger partial charge in [0.05, 0.1) is 11.6 Å². The van der Waals surface area contributed by atoms with E-state index < -0.39 is 0 Å². The number of nitrogens with one attached hydrogen (secondary N) is 2. The van der Waals surface area contributed by atoms with Crippen molar-refractivity contribution in [3.63, 3.8) is 0 Å². The number of rotatable bonds is 6. The molecular formula is C22H23N5. The fourth-order valence-electron chi connectivity index (χ4n) is 3.02. The molecule has 2 N–H and O–H groups in total. The molecule has 0 saturated carbocycles. The fourth-order valence-corrected chi connectivity index (χ4v) is 3.02. The van der Waals surface area contributed by atoms with Crippen LogP contribution in [-0.2, 0) is 12.8 Å². The van der Waals surface area contributed by atoms with E-state index in [1.165, 1.54) is 11.1 Å². The second-order valence-corrected chi connectivity index (χ2v) is 6.32. The van der Waals surface area contributed by atoms with E-state index in [-0.39, 0.29) is 0 Å². The molecule has 0 amide bonds. The van der Waals surface area contributed by atoms with Crippen LogP contribution in [0.1, 0.15) is 36.2 Å². The number of para-hydroxylation sites is 1. The summed E-state index contributed by atoms with van der Waals surface area (Å²) in [4.78, 5) is 9.08. The molecule has 0 fully saturated rings. The third-order valence-electron chi connectivity index (χ3n) is 4.35. The monoisotopic (exact) mass is 357 g/mol. The normalized spacial score (nSPS) is 10.3. The predicted octanol–water partition coefficient (Wildman–Crippen LogP) is 5.27. The number of nitrogens with zero attached hydrogens (tertiary/aromatic N) is 3. The van der Waals surface area contributed by atoms with Gasteiger partial charge in [-0.15, -0.1) is 0 Å². The highest BCUT2D eigenvalue weighted by atomic mass is 15.1. The van der Waals surface area contributed by atoms with Crippen molar-refractivity contribution in [2.24, 2.45) is 0 Å². The lowest BCUT2D eigenvalue weighted by Gasteiger charge is -2.16. The first-order chi connectivity index (χ1) is 13.1. The number of hydrogen-bond donors (Lipinski definition) is 2. The predicted molar refractivity (Wildman–Crippen MR) is 110 cm³/mol. The molecule has 1 heterocycles. The van der Waals surface area contributed by atoms with Gasteiger partial charge in [-0.3, -0.25) is 0 Å². The Kier molecular flexibility index (Phi) is 5.68. The quantitative estimate of drug-likeness (QED) is 0.629. The van der Waals surface area contributed by atoms with Crippen molar-refractivity contribution >= 4 is 23.1 Å². The second kappa shape index (κ2) is 8.33. The van der Waals surface area contributed by atoms with E-state index in [0.717, 1.165) is 35.7 Å². The molecule has 0 radical (unpaired) electrons. The van der Waals surface area contributed by atoms with Crippen molar-refractivity contribution in [2.45, 2.75) is 33.6 Å². The van der Waals surface area contributed by atoms with Crippen LogP contribution in [0.3, 0.4) is 0 Å². The molecule has 1 aromatic heterocycles. The minimum atomic E-state index is 0.500. The number of benzene rings is 2. The Bertz CT molecular complexity index is 966. The second-order valence-electron chi connectivity index (χ2n) is 6.32. The highest BCUT2D eigenvalue weighted by Crippen LogP contribution is 2.27. The summed E-state index contributed by atoms with van der Waals surface area (Å²) in [5, 5.41) is 15.7. The van der Waals surface area contributed by atoms with Crippen molar-refractivity contribution < 1.29 is 0 Å². The Morgan fingerprint density at radius 3 is 2.30 bits per heavy atom. The first-order valence-corrected chi connectivity index (χ1v) is 9.13. The summed E-state index contributed by atoms with van der Waals surface area (Å²) in [6.45, 7) is 6.25. The van der Waals surface area contributed by atoms with Gasteiger partial charge >= 0.3 is 0 Å². The highest BCUT2D eigenvalue weighted by molar-refractivity contribution is 5.66. The van der Waals surface area contributed by atoms with Crippen LogP contribution >= 0.6 is 0 Å². The van der Waals surface area contributed by atoms with E-state index in [9.17, 15) is 0 Å². The molecule has 5 heteroatoms. The van der Waals surface area contributed by atoms with Crippen LogP contribution in [0.4, 0.5) is 23.1 Å². The summed E-state index contributed by atoms with van der Waals surface area (Å²) >= 11 is 0. The SMILES string of the molecule is CCc1cccc(CC)c1Nc1cc(C)nc(Nc2cccc(C#N)c2)n1. The standard InChI is InChI=1S/C22H23N5/c1-4-17-9-7-10-18(5-2)21(17)26-20-12-15(3)24-22(27-20)25-19-11-6-8-16(13-19)14-23/h6-13H,4-5H2,1-3H3,(H2,24,25,26,27). The first-order valence-electron chi connectivity index (χ1n) is 9.13. The minimum absolute atomic E-state index is 0.500. The zero-order valence-corrected chi connectivity index (χ0v) is 15.9. The average molecular weight is 357 g/mol. The molecule has 27 heavy (non-hydrogen) atoms. The summed E-state index contributed by atoms with van der Waals surface area (Å²) in [6, 6.07) is 17.7. The molecule has 0 aliphatic heterocycles. The van der Waals surface area contributed by atoms with Crippen LogP contribution in [0, 0.1) is 18.3 Å². The van der Waals surface area contributed by atoms with E-state index >= 15 is 0 Å². The Balaban J connectivity index is 1.91. The van der Waals surface area contributed by atoms with Crippen LogP contribution in [-0.4, -0.2) is 9.97 Å². The molecule has 0 aliphatic carbocycles. The molecule has 3 rings (SSSR count). The summed E-state index contributed by atoms with van der Waals surface area (Å²) in [7, 11) is 0. The summed E-state index contributed by atoms with van der Waals surface area (Å²) in [6.07, 6.45) is 1.90. The van der Waals surface area contributed by atoms with Crippen molar-refractivity contribution in [3.8, 4) is 6.07 Å². The van der Waals surface area contributed by atoms with Gasteiger partial charge in [-0.1, -0.05) is 38.1 Å². The molecule has 0 atom stereocenters. The molecule has 0 spiro atoms. The molecule has 0 aliphatic rings. The topological polar surface area (TPSA) is 73.6 Å². The maximum absolute atomic E-state index is 9.06. The summed E-state index contributed by atoms with van der Waals surface area (Å²) in [5.74, 6) is 1.25. The van der Waals surface area contributed by atoms with Gasteiger partial charge in [-0.25, -0.2) is 4.98 Å². The van der Waals surface area contributed by atoms with Gasteiger partial charge in [-0.2, -0.15) is 10.2 Å². The zero-order valence-electron chi connectivity index (χ0n) is 15.9. The zero-order chi connectivity index (χ0) is 19.2. The van der Waals surface area contributed by atoms with Crippen LogP contribution in [0.25, 0.3) is 0 Å². The lowest BCUT2D eigenvalue weighted by molar-refractivity contribution is 1.07.